The zero-order valence-electron chi connectivity index (χ0n) is 10.4. The maximum Gasteiger partial charge on any atom is 0.0501 e. The van der Waals surface area contributed by atoms with E-state index in [1.165, 1.54) is 11.1 Å². The molecule has 2 rings (SSSR count). The molecule has 2 nitrogen and oxygen atoms in total. The summed E-state index contributed by atoms with van der Waals surface area (Å²) in [5.41, 5.74) is 10.0. The van der Waals surface area contributed by atoms with Crippen molar-refractivity contribution >= 4 is 5.69 Å². The third-order valence-electron chi connectivity index (χ3n) is 2.88. The van der Waals surface area contributed by atoms with Gasteiger partial charge in [0.25, 0.3) is 0 Å². The van der Waals surface area contributed by atoms with Crippen LogP contribution in [0, 0.1) is 0 Å². The first kappa shape index (κ1) is 11.6. The second-order valence-corrected chi connectivity index (χ2v) is 4.66. The van der Waals surface area contributed by atoms with E-state index >= 15 is 0 Å². The molecule has 0 bridgehead atoms. The Morgan fingerprint density at radius 3 is 2.29 bits per heavy atom. The highest BCUT2D eigenvalue weighted by Crippen LogP contribution is 2.16. The van der Waals surface area contributed by atoms with Crippen molar-refractivity contribution in [3.63, 3.8) is 0 Å². The molecule has 0 saturated carbocycles. The minimum absolute atomic E-state index is 0.582. The summed E-state index contributed by atoms with van der Waals surface area (Å²) in [5.74, 6) is 0.582. The quantitative estimate of drug-likeness (QED) is 0.871. The molecule has 88 valence electrons. The van der Waals surface area contributed by atoms with Crippen LogP contribution in [0.15, 0.2) is 42.6 Å². The lowest BCUT2D eigenvalue weighted by Gasteiger charge is -2.06. The van der Waals surface area contributed by atoms with Gasteiger partial charge in [0.2, 0.25) is 0 Å². The maximum atomic E-state index is 5.61. The highest BCUT2D eigenvalue weighted by molar-refractivity contribution is 5.36. The van der Waals surface area contributed by atoms with Crippen molar-refractivity contribution in [2.24, 2.45) is 0 Å². The molecule has 0 atom stereocenters. The van der Waals surface area contributed by atoms with E-state index in [2.05, 4.69) is 43.1 Å². The lowest BCUT2D eigenvalue weighted by Crippen LogP contribution is -1.94. The topological polar surface area (TPSA) is 38.9 Å². The second kappa shape index (κ2) is 5.00. The van der Waals surface area contributed by atoms with Gasteiger partial charge in [-0.05, 0) is 29.2 Å². The van der Waals surface area contributed by atoms with Gasteiger partial charge in [0.05, 0.1) is 11.9 Å². The predicted molar refractivity (Wildman–Crippen MR) is 72.0 cm³/mol. The highest BCUT2D eigenvalue weighted by atomic mass is 14.7. The molecule has 1 aromatic carbocycles. The summed E-state index contributed by atoms with van der Waals surface area (Å²) in [5, 5.41) is 0. The molecule has 1 aromatic heterocycles. The molecule has 2 N–H and O–H groups in total. The summed E-state index contributed by atoms with van der Waals surface area (Å²) < 4.78 is 0. The van der Waals surface area contributed by atoms with Gasteiger partial charge in [-0.15, -0.1) is 0 Å². The van der Waals surface area contributed by atoms with Gasteiger partial charge in [0, 0.05) is 12.1 Å². The fourth-order valence-electron chi connectivity index (χ4n) is 1.77. The van der Waals surface area contributed by atoms with Gasteiger partial charge in [-0.3, -0.25) is 4.98 Å². The number of pyridine rings is 1. The van der Waals surface area contributed by atoms with Crippen molar-refractivity contribution < 1.29 is 0 Å². The van der Waals surface area contributed by atoms with Crippen molar-refractivity contribution in [2.45, 2.75) is 26.2 Å². The Bertz CT molecular complexity index is 469. The van der Waals surface area contributed by atoms with Crippen LogP contribution in [0.5, 0.6) is 0 Å². The highest BCUT2D eigenvalue weighted by Gasteiger charge is 2.00. The zero-order valence-corrected chi connectivity index (χ0v) is 10.4. The van der Waals surface area contributed by atoms with Crippen molar-refractivity contribution in [1.82, 2.24) is 4.98 Å². The number of aromatic nitrogens is 1. The largest absolute Gasteiger partial charge is 0.397 e. The number of anilines is 1. The monoisotopic (exact) mass is 226 g/mol. The summed E-state index contributed by atoms with van der Waals surface area (Å²) in [6, 6.07) is 12.6. The fourth-order valence-corrected chi connectivity index (χ4v) is 1.77. The number of nitrogens with zero attached hydrogens (tertiary/aromatic N) is 1. The van der Waals surface area contributed by atoms with E-state index in [1.807, 2.05) is 12.1 Å². The van der Waals surface area contributed by atoms with Crippen LogP contribution in [-0.4, -0.2) is 4.98 Å². The maximum absolute atomic E-state index is 5.61. The van der Waals surface area contributed by atoms with Crippen LogP contribution < -0.4 is 5.73 Å². The van der Waals surface area contributed by atoms with Gasteiger partial charge in [-0.1, -0.05) is 38.1 Å². The molecule has 0 radical (unpaired) electrons. The van der Waals surface area contributed by atoms with Gasteiger partial charge < -0.3 is 5.73 Å². The molecule has 0 spiro atoms. The molecule has 1 heterocycles. The molecular formula is C15H18N2. The van der Waals surface area contributed by atoms with Gasteiger partial charge in [-0.2, -0.15) is 0 Å². The first-order chi connectivity index (χ1) is 8.15. The molecule has 0 unspecified atom stereocenters. The predicted octanol–water partition coefficient (Wildman–Crippen LogP) is 3.38. The Morgan fingerprint density at radius 1 is 1.06 bits per heavy atom. The van der Waals surface area contributed by atoms with Crippen molar-refractivity contribution in [3.8, 4) is 0 Å². The molecule has 0 aliphatic carbocycles. The van der Waals surface area contributed by atoms with Crippen LogP contribution >= 0.6 is 0 Å². The lowest BCUT2D eigenvalue weighted by molar-refractivity contribution is 0.865. The van der Waals surface area contributed by atoms with E-state index in [-0.39, 0.29) is 0 Å². The molecular weight excluding hydrogens is 208 g/mol. The van der Waals surface area contributed by atoms with Gasteiger partial charge in [0.1, 0.15) is 0 Å². The molecule has 0 saturated heterocycles. The smallest absolute Gasteiger partial charge is 0.0501 e. The molecule has 17 heavy (non-hydrogen) atoms. The number of rotatable bonds is 3. The van der Waals surface area contributed by atoms with Gasteiger partial charge in [-0.25, -0.2) is 0 Å². The fraction of sp³-hybridized carbons (Fsp3) is 0.267. The van der Waals surface area contributed by atoms with Crippen LogP contribution in [0.25, 0.3) is 0 Å². The van der Waals surface area contributed by atoms with Gasteiger partial charge >= 0.3 is 0 Å². The first-order valence-corrected chi connectivity index (χ1v) is 5.94. The third-order valence-corrected chi connectivity index (χ3v) is 2.88. The Morgan fingerprint density at radius 2 is 1.76 bits per heavy atom. The molecule has 2 aromatic rings. The van der Waals surface area contributed by atoms with E-state index in [4.69, 9.17) is 5.73 Å². The SMILES string of the molecule is CC(C)c1ccc(Cc2ccc(N)cn2)cc1. The Balaban J connectivity index is 2.11. The Hall–Kier alpha value is -1.83. The summed E-state index contributed by atoms with van der Waals surface area (Å²) in [6.45, 7) is 4.41. The van der Waals surface area contributed by atoms with Crippen LogP contribution in [0.4, 0.5) is 5.69 Å². The minimum Gasteiger partial charge on any atom is -0.397 e. The molecule has 0 aliphatic heterocycles. The van der Waals surface area contributed by atoms with E-state index in [0.717, 1.165) is 12.1 Å². The van der Waals surface area contributed by atoms with E-state index < -0.39 is 0 Å². The molecule has 0 amide bonds. The molecule has 2 heteroatoms. The summed E-state index contributed by atoms with van der Waals surface area (Å²) in [7, 11) is 0. The van der Waals surface area contributed by atoms with Gasteiger partial charge in [0.15, 0.2) is 0 Å². The number of hydrogen-bond acceptors (Lipinski definition) is 2. The van der Waals surface area contributed by atoms with Crippen LogP contribution in [0.2, 0.25) is 0 Å². The third kappa shape index (κ3) is 3.06. The van der Waals surface area contributed by atoms with E-state index in [9.17, 15) is 0 Å². The first-order valence-electron chi connectivity index (χ1n) is 5.94. The number of nitrogen functional groups attached to an aromatic ring is 1. The van der Waals surface area contributed by atoms with Crippen LogP contribution in [0.3, 0.4) is 0 Å². The lowest BCUT2D eigenvalue weighted by atomic mass is 10.0. The molecule has 0 aliphatic rings. The number of benzene rings is 1. The van der Waals surface area contributed by atoms with Crippen LogP contribution in [0.1, 0.15) is 36.6 Å². The van der Waals surface area contributed by atoms with E-state index in [1.54, 1.807) is 6.20 Å². The summed E-state index contributed by atoms with van der Waals surface area (Å²) in [4.78, 5) is 4.31. The van der Waals surface area contributed by atoms with E-state index in [0.29, 0.717) is 11.6 Å². The number of hydrogen-bond donors (Lipinski definition) is 1. The average molecular weight is 226 g/mol. The summed E-state index contributed by atoms with van der Waals surface area (Å²) in [6.07, 6.45) is 2.57. The Labute approximate surface area is 103 Å². The normalized spacial score (nSPS) is 10.8. The Kier molecular flexibility index (Phi) is 3.43. The van der Waals surface area contributed by atoms with Crippen molar-refractivity contribution in [2.75, 3.05) is 5.73 Å². The molecule has 0 fully saturated rings. The zero-order chi connectivity index (χ0) is 12.3. The van der Waals surface area contributed by atoms with Crippen LogP contribution in [-0.2, 0) is 6.42 Å². The van der Waals surface area contributed by atoms with Crippen molar-refractivity contribution in [1.29, 1.82) is 0 Å². The minimum atomic E-state index is 0.582. The average Bonchev–Trinajstić information content (AvgIpc) is 2.33. The summed E-state index contributed by atoms with van der Waals surface area (Å²) >= 11 is 0. The standard InChI is InChI=1S/C15H18N2/c1-11(2)13-5-3-12(4-6-13)9-15-8-7-14(16)10-17-15/h3-8,10-11H,9,16H2,1-2H3. The van der Waals surface area contributed by atoms with Crippen molar-refractivity contribution in [3.05, 3.63) is 59.4 Å². The second-order valence-electron chi connectivity index (χ2n) is 4.66. The number of nitrogens with two attached hydrogens (primary N) is 1.